The van der Waals surface area contributed by atoms with E-state index in [9.17, 15) is 4.39 Å². The first kappa shape index (κ1) is 14.5. The number of benzene rings is 1. The maximum absolute atomic E-state index is 13.3. The predicted molar refractivity (Wildman–Crippen MR) is 77.2 cm³/mol. The Hall–Kier alpha value is -1.88. The molecule has 1 heterocycles. The van der Waals surface area contributed by atoms with E-state index >= 15 is 0 Å². The molecule has 0 amide bonds. The summed E-state index contributed by atoms with van der Waals surface area (Å²) < 4.78 is 20.1. The highest BCUT2D eigenvalue weighted by Gasteiger charge is 2.10. The van der Waals surface area contributed by atoms with Crippen molar-refractivity contribution in [3.8, 4) is 0 Å². The van der Waals surface area contributed by atoms with Crippen molar-refractivity contribution in [3.63, 3.8) is 0 Å². The molecule has 4 nitrogen and oxygen atoms in total. The van der Waals surface area contributed by atoms with Crippen molar-refractivity contribution in [1.29, 1.82) is 0 Å². The quantitative estimate of drug-likeness (QED) is 0.844. The molecular formula is C15H20FN3O. The van der Waals surface area contributed by atoms with Crippen LogP contribution in [0.4, 0.5) is 10.1 Å². The van der Waals surface area contributed by atoms with Crippen LogP contribution >= 0.6 is 0 Å². The first-order chi connectivity index (χ1) is 9.72. The van der Waals surface area contributed by atoms with Gasteiger partial charge in [0.2, 0.25) is 0 Å². The molecule has 0 saturated heterocycles. The van der Waals surface area contributed by atoms with E-state index in [1.807, 2.05) is 16.9 Å². The van der Waals surface area contributed by atoms with Gasteiger partial charge in [0, 0.05) is 13.3 Å². The Morgan fingerprint density at radius 3 is 3.00 bits per heavy atom. The number of ether oxygens (including phenoxy) is 1. The average Bonchev–Trinajstić information content (AvgIpc) is 2.90. The number of aromatic nitrogens is 2. The predicted octanol–water partition coefficient (Wildman–Crippen LogP) is 3.23. The number of hydrogen-bond donors (Lipinski definition) is 1. The second-order valence-corrected chi connectivity index (χ2v) is 4.65. The number of rotatable bonds is 7. The molecule has 0 spiro atoms. The van der Waals surface area contributed by atoms with E-state index in [1.54, 1.807) is 25.4 Å². The minimum Gasteiger partial charge on any atom is -0.383 e. The van der Waals surface area contributed by atoms with Crippen molar-refractivity contribution in [2.24, 2.45) is 0 Å². The number of methoxy groups -OCH3 is 1. The zero-order chi connectivity index (χ0) is 14.4. The van der Waals surface area contributed by atoms with Crippen molar-refractivity contribution in [3.05, 3.63) is 48.0 Å². The molecule has 20 heavy (non-hydrogen) atoms. The first-order valence-corrected chi connectivity index (χ1v) is 6.76. The van der Waals surface area contributed by atoms with E-state index < -0.39 is 0 Å². The molecule has 1 atom stereocenters. The summed E-state index contributed by atoms with van der Waals surface area (Å²) in [6.07, 6.45) is 4.57. The van der Waals surface area contributed by atoms with Crippen molar-refractivity contribution in [2.45, 2.75) is 25.9 Å². The van der Waals surface area contributed by atoms with Crippen LogP contribution in [-0.2, 0) is 11.3 Å². The Kier molecular flexibility index (Phi) is 5.12. The zero-order valence-corrected chi connectivity index (χ0v) is 11.8. The molecule has 1 aromatic heterocycles. The Morgan fingerprint density at radius 2 is 2.30 bits per heavy atom. The molecule has 0 fully saturated rings. The van der Waals surface area contributed by atoms with Crippen LogP contribution < -0.4 is 5.32 Å². The standard InChI is InChI=1S/C15H20FN3O/c1-3-15(12-5-4-6-13(16)9-12)18-14-10-17-19(11-14)7-8-20-2/h4-6,9-11,15,18H,3,7-8H2,1-2H3. The SMILES string of the molecule is CCC(Nc1cnn(CCOC)c1)c1cccc(F)c1. The van der Waals surface area contributed by atoms with Crippen LogP contribution in [0.3, 0.4) is 0 Å². The van der Waals surface area contributed by atoms with Gasteiger partial charge in [0.15, 0.2) is 0 Å². The lowest BCUT2D eigenvalue weighted by atomic mass is 10.0. The molecule has 0 bridgehead atoms. The van der Waals surface area contributed by atoms with Crippen molar-refractivity contribution in [1.82, 2.24) is 9.78 Å². The largest absolute Gasteiger partial charge is 0.383 e. The summed E-state index contributed by atoms with van der Waals surface area (Å²) in [5.74, 6) is -0.210. The molecule has 0 aliphatic heterocycles. The zero-order valence-electron chi connectivity index (χ0n) is 11.8. The molecule has 0 radical (unpaired) electrons. The monoisotopic (exact) mass is 277 g/mol. The summed E-state index contributed by atoms with van der Waals surface area (Å²) in [5.41, 5.74) is 1.87. The molecular weight excluding hydrogens is 257 g/mol. The molecule has 1 unspecified atom stereocenters. The van der Waals surface area contributed by atoms with Crippen LogP contribution in [0.15, 0.2) is 36.7 Å². The maximum atomic E-state index is 13.3. The number of halogens is 1. The van der Waals surface area contributed by atoms with Gasteiger partial charge in [-0.2, -0.15) is 5.10 Å². The van der Waals surface area contributed by atoms with Crippen LogP contribution in [-0.4, -0.2) is 23.5 Å². The number of anilines is 1. The molecule has 0 aliphatic carbocycles. The second-order valence-electron chi connectivity index (χ2n) is 4.65. The molecule has 1 N–H and O–H groups in total. The van der Waals surface area contributed by atoms with Gasteiger partial charge in [-0.25, -0.2) is 4.39 Å². The minimum atomic E-state index is -0.210. The topological polar surface area (TPSA) is 39.1 Å². The normalized spacial score (nSPS) is 12.3. The number of nitrogens with zero attached hydrogens (tertiary/aromatic N) is 2. The minimum absolute atomic E-state index is 0.0748. The molecule has 5 heteroatoms. The third-order valence-electron chi connectivity index (χ3n) is 3.16. The lowest BCUT2D eigenvalue weighted by Crippen LogP contribution is -2.09. The summed E-state index contributed by atoms with van der Waals surface area (Å²) in [6.45, 7) is 3.41. The summed E-state index contributed by atoms with van der Waals surface area (Å²) in [6, 6.07) is 6.76. The van der Waals surface area contributed by atoms with E-state index in [-0.39, 0.29) is 11.9 Å². The highest BCUT2D eigenvalue weighted by molar-refractivity contribution is 5.41. The molecule has 2 rings (SSSR count). The van der Waals surface area contributed by atoms with Crippen molar-refractivity contribution in [2.75, 3.05) is 19.0 Å². The van der Waals surface area contributed by atoms with Gasteiger partial charge in [-0.15, -0.1) is 0 Å². The van der Waals surface area contributed by atoms with Gasteiger partial charge in [-0.05, 0) is 24.1 Å². The van der Waals surface area contributed by atoms with Gasteiger partial charge in [0.1, 0.15) is 5.82 Å². The Bertz CT molecular complexity index is 541. The van der Waals surface area contributed by atoms with E-state index in [4.69, 9.17) is 4.74 Å². The second kappa shape index (κ2) is 7.05. The van der Waals surface area contributed by atoms with E-state index in [0.29, 0.717) is 6.61 Å². The lowest BCUT2D eigenvalue weighted by molar-refractivity contribution is 0.183. The van der Waals surface area contributed by atoms with Crippen molar-refractivity contribution >= 4 is 5.69 Å². The highest BCUT2D eigenvalue weighted by Crippen LogP contribution is 2.22. The van der Waals surface area contributed by atoms with Gasteiger partial charge in [-0.3, -0.25) is 4.68 Å². The molecule has 108 valence electrons. The summed E-state index contributed by atoms with van der Waals surface area (Å²) >= 11 is 0. The fourth-order valence-electron chi connectivity index (χ4n) is 2.09. The van der Waals surface area contributed by atoms with Crippen LogP contribution in [0, 0.1) is 5.82 Å². The Balaban J connectivity index is 2.04. The van der Waals surface area contributed by atoms with Gasteiger partial charge >= 0.3 is 0 Å². The fourth-order valence-corrected chi connectivity index (χ4v) is 2.09. The van der Waals surface area contributed by atoms with Gasteiger partial charge < -0.3 is 10.1 Å². The third kappa shape index (κ3) is 3.81. The molecule has 0 aliphatic rings. The van der Waals surface area contributed by atoms with Crippen molar-refractivity contribution < 1.29 is 9.13 Å². The number of hydrogen-bond acceptors (Lipinski definition) is 3. The van der Waals surface area contributed by atoms with E-state index in [0.717, 1.165) is 24.2 Å². The highest BCUT2D eigenvalue weighted by atomic mass is 19.1. The Morgan fingerprint density at radius 1 is 1.45 bits per heavy atom. The Labute approximate surface area is 118 Å². The van der Waals surface area contributed by atoms with Crippen LogP contribution in [0.25, 0.3) is 0 Å². The third-order valence-corrected chi connectivity index (χ3v) is 3.16. The first-order valence-electron chi connectivity index (χ1n) is 6.76. The average molecular weight is 277 g/mol. The van der Waals surface area contributed by atoms with Gasteiger partial charge in [0.05, 0.1) is 31.1 Å². The van der Waals surface area contributed by atoms with Crippen LogP contribution in [0.1, 0.15) is 24.9 Å². The summed E-state index contributed by atoms with van der Waals surface area (Å²) in [4.78, 5) is 0. The van der Waals surface area contributed by atoms with E-state index in [1.165, 1.54) is 6.07 Å². The van der Waals surface area contributed by atoms with Gasteiger partial charge in [-0.1, -0.05) is 19.1 Å². The smallest absolute Gasteiger partial charge is 0.123 e. The lowest BCUT2D eigenvalue weighted by Gasteiger charge is -2.17. The van der Waals surface area contributed by atoms with E-state index in [2.05, 4.69) is 17.3 Å². The molecule has 0 saturated carbocycles. The fraction of sp³-hybridized carbons (Fsp3) is 0.400. The van der Waals surface area contributed by atoms with Gasteiger partial charge in [0.25, 0.3) is 0 Å². The summed E-state index contributed by atoms with van der Waals surface area (Å²) in [5, 5.41) is 7.63. The van der Waals surface area contributed by atoms with Crippen LogP contribution in [0.2, 0.25) is 0 Å². The molecule has 1 aromatic carbocycles. The maximum Gasteiger partial charge on any atom is 0.123 e. The van der Waals surface area contributed by atoms with Crippen LogP contribution in [0.5, 0.6) is 0 Å². The number of nitrogens with one attached hydrogen (secondary N) is 1. The summed E-state index contributed by atoms with van der Waals surface area (Å²) in [7, 11) is 1.67. The molecule has 2 aromatic rings.